The second-order valence-corrected chi connectivity index (χ2v) is 5.07. The van der Waals surface area contributed by atoms with Crippen LogP contribution in [-0.2, 0) is 16.0 Å². The summed E-state index contributed by atoms with van der Waals surface area (Å²) >= 11 is 0. The van der Waals surface area contributed by atoms with Gasteiger partial charge in [-0.3, -0.25) is 4.79 Å². The van der Waals surface area contributed by atoms with E-state index in [1.807, 2.05) is 13.0 Å². The van der Waals surface area contributed by atoms with Crippen molar-refractivity contribution in [3.8, 4) is 0 Å². The van der Waals surface area contributed by atoms with E-state index in [4.69, 9.17) is 4.74 Å². The number of allylic oxidation sites excluding steroid dienone is 2. The Balaban J connectivity index is 2.28. The van der Waals surface area contributed by atoms with Crippen LogP contribution in [0.1, 0.15) is 50.2 Å². The molecular formula is C19H26O2. The molecule has 0 amide bonds. The lowest BCUT2D eigenvalue weighted by molar-refractivity contribution is -0.143. The summed E-state index contributed by atoms with van der Waals surface area (Å²) in [7, 11) is 0. The van der Waals surface area contributed by atoms with Gasteiger partial charge in [-0.2, -0.15) is 0 Å². The molecule has 1 aromatic rings. The number of carbonyl (C=O) groups is 1. The van der Waals surface area contributed by atoms with Gasteiger partial charge >= 0.3 is 5.97 Å². The minimum Gasteiger partial charge on any atom is -0.466 e. The monoisotopic (exact) mass is 286 g/mol. The van der Waals surface area contributed by atoms with E-state index in [2.05, 4.69) is 36.9 Å². The molecule has 114 valence electrons. The van der Waals surface area contributed by atoms with Crippen molar-refractivity contribution in [3.05, 3.63) is 54.1 Å². The Morgan fingerprint density at radius 3 is 2.81 bits per heavy atom. The SMILES string of the molecule is C=C/C=C/c1ccccc1CCCCCC(=O)OCCC. The molecule has 0 saturated carbocycles. The Kier molecular flexibility index (Phi) is 8.94. The molecule has 1 rings (SSSR count). The maximum Gasteiger partial charge on any atom is 0.305 e. The third-order valence-electron chi connectivity index (χ3n) is 3.26. The number of unbranched alkanes of at least 4 members (excludes halogenated alkanes) is 2. The first-order valence-corrected chi connectivity index (χ1v) is 7.80. The predicted octanol–water partition coefficient (Wildman–Crippen LogP) is 4.94. The van der Waals surface area contributed by atoms with Crippen molar-refractivity contribution in [1.29, 1.82) is 0 Å². The van der Waals surface area contributed by atoms with Crippen LogP contribution in [0.5, 0.6) is 0 Å². The highest BCUT2D eigenvalue weighted by atomic mass is 16.5. The van der Waals surface area contributed by atoms with E-state index >= 15 is 0 Å². The van der Waals surface area contributed by atoms with E-state index in [0.717, 1.165) is 32.1 Å². The highest BCUT2D eigenvalue weighted by Crippen LogP contribution is 2.15. The van der Waals surface area contributed by atoms with Gasteiger partial charge in [0.15, 0.2) is 0 Å². The number of rotatable bonds is 10. The number of hydrogen-bond donors (Lipinski definition) is 0. The van der Waals surface area contributed by atoms with Gasteiger partial charge in [-0.25, -0.2) is 0 Å². The molecule has 2 nitrogen and oxygen atoms in total. The molecule has 0 bridgehead atoms. The average Bonchev–Trinajstić information content (AvgIpc) is 2.51. The molecule has 0 aliphatic carbocycles. The fraction of sp³-hybridized carbons (Fsp3) is 0.421. The first kappa shape index (κ1) is 17.2. The van der Waals surface area contributed by atoms with Crippen LogP contribution in [0.2, 0.25) is 0 Å². The highest BCUT2D eigenvalue weighted by Gasteiger charge is 2.02. The van der Waals surface area contributed by atoms with Gasteiger partial charge in [0.1, 0.15) is 0 Å². The molecule has 0 unspecified atom stereocenters. The fourth-order valence-electron chi connectivity index (χ4n) is 2.15. The van der Waals surface area contributed by atoms with Crippen molar-refractivity contribution in [2.75, 3.05) is 6.61 Å². The lowest BCUT2D eigenvalue weighted by atomic mass is 10.0. The van der Waals surface area contributed by atoms with Gasteiger partial charge in [0.05, 0.1) is 6.61 Å². The van der Waals surface area contributed by atoms with Crippen molar-refractivity contribution in [2.24, 2.45) is 0 Å². The second-order valence-electron chi connectivity index (χ2n) is 5.07. The summed E-state index contributed by atoms with van der Waals surface area (Å²) in [5.74, 6) is -0.0637. The van der Waals surface area contributed by atoms with Crippen LogP contribution in [0.3, 0.4) is 0 Å². The minimum atomic E-state index is -0.0637. The zero-order valence-corrected chi connectivity index (χ0v) is 13.0. The van der Waals surface area contributed by atoms with E-state index in [9.17, 15) is 4.79 Å². The van der Waals surface area contributed by atoms with Crippen LogP contribution in [-0.4, -0.2) is 12.6 Å². The molecule has 0 N–H and O–H groups in total. The van der Waals surface area contributed by atoms with Gasteiger partial charge < -0.3 is 4.74 Å². The van der Waals surface area contributed by atoms with Gasteiger partial charge in [-0.15, -0.1) is 0 Å². The molecule has 2 heteroatoms. The van der Waals surface area contributed by atoms with Crippen molar-refractivity contribution < 1.29 is 9.53 Å². The number of ether oxygens (including phenoxy) is 1. The maximum atomic E-state index is 11.4. The van der Waals surface area contributed by atoms with Gasteiger partial charge in [-0.05, 0) is 36.8 Å². The molecule has 1 aromatic carbocycles. The molecule has 0 spiro atoms. The van der Waals surface area contributed by atoms with Crippen LogP contribution < -0.4 is 0 Å². The van der Waals surface area contributed by atoms with E-state index in [1.54, 1.807) is 6.08 Å². The van der Waals surface area contributed by atoms with E-state index in [0.29, 0.717) is 13.0 Å². The number of hydrogen-bond acceptors (Lipinski definition) is 2. The molecule has 0 aliphatic heterocycles. The summed E-state index contributed by atoms with van der Waals surface area (Å²) in [4.78, 5) is 11.4. The lowest BCUT2D eigenvalue weighted by Crippen LogP contribution is -2.04. The third kappa shape index (κ3) is 7.50. The molecule has 0 fully saturated rings. The molecule has 0 heterocycles. The molecular weight excluding hydrogens is 260 g/mol. The Morgan fingerprint density at radius 1 is 1.24 bits per heavy atom. The zero-order valence-electron chi connectivity index (χ0n) is 13.0. The number of esters is 1. The normalized spacial score (nSPS) is 10.7. The molecule has 0 aliphatic rings. The quantitative estimate of drug-likeness (QED) is 0.346. The Hall–Kier alpha value is -1.83. The van der Waals surface area contributed by atoms with Crippen molar-refractivity contribution in [2.45, 2.75) is 45.4 Å². The molecule has 0 atom stereocenters. The van der Waals surface area contributed by atoms with Crippen LogP contribution in [0.25, 0.3) is 6.08 Å². The fourth-order valence-corrected chi connectivity index (χ4v) is 2.15. The topological polar surface area (TPSA) is 26.3 Å². The summed E-state index contributed by atoms with van der Waals surface area (Å²) in [6.07, 6.45) is 11.4. The van der Waals surface area contributed by atoms with Crippen LogP contribution in [0, 0.1) is 0 Å². The standard InChI is InChI=1S/C19H26O2/c1-3-5-11-17-13-9-10-14-18(17)12-7-6-8-15-19(20)21-16-4-2/h3,5,9-11,13-14H,1,4,6-8,12,15-16H2,2H3/b11-5+. The second kappa shape index (κ2) is 10.9. The molecule has 21 heavy (non-hydrogen) atoms. The highest BCUT2D eigenvalue weighted by molar-refractivity contribution is 5.69. The number of aryl methyl sites for hydroxylation is 1. The van der Waals surface area contributed by atoms with Gasteiger partial charge in [-0.1, -0.05) is 62.4 Å². The van der Waals surface area contributed by atoms with Crippen LogP contribution >= 0.6 is 0 Å². The zero-order chi connectivity index (χ0) is 15.3. The Morgan fingerprint density at radius 2 is 2.05 bits per heavy atom. The first-order valence-electron chi connectivity index (χ1n) is 7.80. The van der Waals surface area contributed by atoms with Crippen molar-refractivity contribution in [3.63, 3.8) is 0 Å². The maximum absolute atomic E-state index is 11.4. The van der Waals surface area contributed by atoms with E-state index in [-0.39, 0.29) is 5.97 Å². The van der Waals surface area contributed by atoms with E-state index in [1.165, 1.54) is 11.1 Å². The third-order valence-corrected chi connectivity index (χ3v) is 3.26. The van der Waals surface area contributed by atoms with Crippen LogP contribution in [0.15, 0.2) is 43.0 Å². The predicted molar refractivity (Wildman–Crippen MR) is 89.1 cm³/mol. The first-order chi connectivity index (χ1) is 10.3. The summed E-state index contributed by atoms with van der Waals surface area (Å²) in [5, 5.41) is 0. The molecule has 0 saturated heterocycles. The largest absolute Gasteiger partial charge is 0.466 e. The van der Waals surface area contributed by atoms with E-state index < -0.39 is 0 Å². The number of carbonyl (C=O) groups excluding carboxylic acids is 1. The minimum absolute atomic E-state index is 0.0637. The average molecular weight is 286 g/mol. The van der Waals surface area contributed by atoms with Crippen molar-refractivity contribution >= 4 is 12.0 Å². The summed E-state index contributed by atoms with van der Waals surface area (Å²) in [6.45, 7) is 6.25. The summed E-state index contributed by atoms with van der Waals surface area (Å²) in [6, 6.07) is 8.41. The van der Waals surface area contributed by atoms with Gasteiger partial charge in [0.2, 0.25) is 0 Å². The van der Waals surface area contributed by atoms with Gasteiger partial charge in [0.25, 0.3) is 0 Å². The summed E-state index contributed by atoms with van der Waals surface area (Å²) in [5.41, 5.74) is 2.60. The smallest absolute Gasteiger partial charge is 0.305 e. The number of benzene rings is 1. The Labute approximate surface area is 128 Å². The van der Waals surface area contributed by atoms with Crippen molar-refractivity contribution in [1.82, 2.24) is 0 Å². The molecule has 0 radical (unpaired) electrons. The molecule has 0 aromatic heterocycles. The van der Waals surface area contributed by atoms with Gasteiger partial charge in [0, 0.05) is 6.42 Å². The van der Waals surface area contributed by atoms with Crippen LogP contribution in [0.4, 0.5) is 0 Å². The lowest BCUT2D eigenvalue weighted by Gasteiger charge is -2.06. The Bertz CT molecular complexity index is 460. The summed E-state index contributed by atoms with van der Waals surface area (Å²) < 4.78 is 5.06.